The number of ether oxygens (including phenoxy) is 1. The van der Waals surface area contributed by atoms with Gasteiger partial charge < -0.3 is 15.2 Å². The van der Waals surface area contributed by atoms with Crippen LogP contribution in [0.4, 0.5) is 0 Å². The van der Waals surface area contributed by atoms with Gasteiger partial charge in [0.2, 0.25) is 5.91 Å². The SMILES string of the molecule is CC1CC(C(=O)NCC2(C(=O)O)CC2)CCO1. The summed E-state index contributed by atoms with van der Waals surface area (Å²) in [5, 5.41) is 11.8. The van der Waals surface area contributed by atoms with E-state index in [1.807, 2.05) is 6.92 Å². The molecule has 1 aliphatic heterocycles. The Morgan fingerprint density at radius 1 is 1.47 bits per heavy atom. The predicted molar refractivity (Wildman–Crippen MR) is 60.5 cm³/mol. The smallest absolute Gasteiger partial charge is 0.311 e. The molecule has 5 heteroatoms. The lowest BCUT2D eigenvalue weighted by molar-refractivity contribution is -0.143. The molecule has 0 aromatic rings. The van der Waals surface area contributed by atoms with Gasteiger partial charge in [-0.15, -0.1) is 0 Å². The van der Waals surface area contributed by atoms with Crippen molar-refractivity contribution in [2.24, 2.45) is 11.3 Å². The first-order valence-corrected chi connectivity index (χ1v) is 6.16. The summed E-state index contributed by atoms with van der Waals surface area (Å²) in [4.78, 5) is 22.8. The third-order valence-corrected chi connectivity index (χ3v) is 3.76. The highest BCUT2D eigenvalue weighted by Crippen LogP contribution is 2.45. The molecule has 2 aliphatic rings. The summed E-state index contributed by atoms with van der Waals surface area (Å²) in [6.07, 6.45) is 2.93. The third-order valence-electron chi connectivity index (χ3n) is 3.76. The molecule has 0 radical (unpaired) electrons. The summed E-state index contributed by atoms with van der Waals surface area (Å²) >= 11 is 0. The fourth-order valence-corrected chi connectivity index (χ4v) is 2.25. The van der Waals surface area contributed by atoms with E-state index in [1.54, 1.807) is 0 Å². The second-order valence-corrected chi connectivity index (χ2v) is 5.21. The highest BCUT2D eigenvalue weighted by molar-refractivity contribution is 5.82. The van der Waals surface area contributed by atoms with Gasteiger partial charge in [-0.2, -0.15) is 0 Å². The molecule has 0 bridgehead atoms. The molecule has 2 unspecified atom stereocenters. The van der Waals surface area contributed by atoms with Crippen molar-refractivity contribution in [2.45, 2.75) is 38.7 Å². The molecule has 2 N–H and O–H groups in total. The van der Waals surface area contributed by atoms with Crippen LogP contribution < -0.4 is 5.32 Å². The van der Waals surface area contributed by atoms with E-state index in [2.05, 4.69) is 5.32 Å². The van der Waals surface area contributed by atoms with Crippen LogP contribution in [-0.4, -0.2) is 36.2 Å². The minimum absolute atomic E-state index is 0.0207. The van der Waals surface area contributed by atoms with Crippen molar-refractivity contribution in [3.63, 3.8) is 0 Å². The summed E-state index contributed by atoms with van der Waals surface area (Å²) in [7, 11) is 0. The fraction of sp³-hybridized carbons (Fsp3) is 0.833. The topological polar surface area (TPSA) is 75.6 Å². The lowest BCUT2D eigenvalue weighted by Crippen LogP contribution is -2.40. The van der Waals surface area contributed by atoms with Crippen LogP contribution >= 0.6 is 0 Å². The second-order valence-electron chi connectivity index (χ2n) is 5.21. The Balaban J connectivity index is 1.79. The number of hydrogen-bond acceptors (Lipinski definition) is 3. The van der Waals surface area contributed by atoms with E-state index in [4.69, 9.17) is 9.84 Å². The zero-order valence-electron chi connectivity index (χ0n) is 10.1. The monoisotopic (exact) mass is 241 g/mol. The van der Waals surface area contributed by atoms with Gasteiger partial charge in [-0.25, -0.2) is 0 Å². The lowest BCUT2D eigenvalue weighted by Gasteiger charge is -2.26. The first kappa shape index (κ1) is 12.4. The number of hydrogen-bond donors (Lipinski definition) is 2. The van der Waals surface area contributed by atoms with E-state index in [0.29, 0.717) is 19.4 Å². The van der Waals surface area contributed by atoms with Crippen molar-refractivity contribution in [3.05, 3.63) is 0 Å². The van der Waals surface area contributed by atoms with Crippen LogP contribution in [0, 0.1) is 11.3 Å². The van der Waals surface area contributed by atoms with E-state index in [0.717, 1.165) is 12.8 Å². The van der Waals surface area contributed by atoms with Crippen molar-refractivity contribution < 1.29 is 19.4 Å². The number of aliphatic carboxylic acids is 1. The van der Waals surface area contributed by atoms with Crippen LogP contribution in [0.1, 0.15) is 32.6 Å². The van der Waals surface area contributed by atoms with Gasteiger partial charge in [-0.05, 0) is 32.6 Å². The minimum atomic E-state index is -0.793. The van der Waals surface area contributed by atoms with Crippen molar-refractivity contribution in [1.29, 1.82) is 0 Å². The van der Waals surface area contributed by atoms with Crippen molar-refractivity contribution in [3.8, 4) is 0 Å². The Hall–Kier alpha value is -1.10. The molecule has 96 valence electrons. The van der Waals surface area contributed by atoms with Crippen LogP contribution in [0.2, 0.25) is 0 Å². The molecule has 0 spiro atoms. The molecule has 2 rings (SSSR count). The van der Waals surface area contributed by atoms with Crippen molar-refractivity contribution >= 4 is 11.9 Å². The standard InChI is InChI=1S/C12H19NO4/c1-8-6-9(2-5-17-8)10(14)13-7-12(3-4-12)11(15)16/h8-9H,2-7H2,1H3,(H,13,14)(H,15,16). The summed E-state index contributed by atoms with van der Waals surface area (Å²) in [6.45, 7) is 2.84. The van der Waals surface area contributed by atoms with Crippen molar-refractivity contribution in [2.75, 3.05) is 13.2 Å². The van der Waals surface area contributed by atoms with E-state index in [-0.39, 0.29) is 24.5 Å². The number of rotatable bonds is 4. The number of carbonyl (C=O) groups is 2. The molecule has 1 saturated heterocycles. The number of carboxylic acid groups (broad SMARTS) is 1. The van der Waals surface area contributed by atoms with Crippen LogP contribution in [0.15, 0.2) is 0 Å². The second kappa shape index (κ2) is 4.64. The number of carbonyl (C=O) groups excluding carboxylic acids is 1. The molecule has 1 heterocycles. The molecule has 0 aromatic carbocycles. The van der Waals surface area contributed by atoms with Crippen molar-refractivity contribution in [1.82, 2.24) is 5.32 Å². The molecule has 1 saturated carbocycles. The quantitative estimate of drug-likeness (QED) is 0.762. The Bertz CT molecular complexity index is 324. The Morgan fingerprint density at radius 2 is 2.18 bits per heavy atom. The molecule has 1 aliphatic carbocycles. The minimum Gasteiger partial charge on any atom is -0.481 e. The molecule has 2 fully saturated rings. The van der Waals surface area contributed by atoms with E-state index >= 15 is 0 Å². The van der Waals surface area contributed by atoms with Crippen LogP contribution in [0.5, 0.6) is 0 Å². The maximum atomic E-state index is 11.9. The first-order chi connectivity index (χ1) is 8.03. The fourth-order valence-electron chi connectivity index (χ4n) is 2.25. The van der Waals surface area contributed by atoms with Gasteiger partial charge >= 0.3 is 5.97 Å². The van der Waals surface area contributed by atoms with Crippen LogP contribution in [0.3, 0.4) is 0 Å². The highest BCUT2D eigenvalue weighted by atomic mass is 16.5. The number of carboxylic acids is 1. The van der Waals surface area contributed by atoms with E-state index in [1.165, 1.54) is 0 Å². The number of nitrogens with one attached hydrogen (secondary N) is 1. The average Bonchev–Trinajstić information content (AvgIpc) is 3.07. The molecule has 2 atom stereocenters. The number of amides is 1. The molecule has 1 amide bonds. The van der Waals surface area contributed by atoms with Crippen LogP contribution in [-0.2, 0) is 14.3 Å². The van der Waals surface area contributed by atoms with Crippen LogP contribution in [0.25, 0.3) is 0 Å². The van der Waals surface area contributed by atoms with Gasteiger partial charge in [0.25, 0.3) is 0 Å². The summed E-state index contributed by atoms with van der Waals surface area (Å²) < 4.78 is 5.38. The third kappa shape index (κ3) is 2.77. The van der Waals surface area contributed by atoms with Gasteiger partial charge in [0.05, 0.1) is 11.5 Å². The summed E-state index contributed by atoms with van der Waals surface area (Å²) in [5.74, 6) is -0.839. The predicted octanol–water partition coefficient (Wildman–Crippen LogP) is 0.782. The largest absolute Gasteiger partial charge is 0.481 e. The highest BCUT2D eigenvalue weighted by Gasteiger charge is 2.50. The maximum Gasteiger partial charge on any atom is 0.311 e. The first-order valence-electron chi connectivity index (χ1n) is 6.16. The molecular weight excluding hydrogens is 222 g/mol. The molecule has 17 heavy (non-hydrogen) atoms. The van der Waals surface area contributed by atoms with Gasteiger partial charge in [0.1, 0.15) is 0 Å². The maximum absolute atomic E-state index is 11.9. The zero-order chi connectivity index (χ0) is 12.5. The van der Waals surface area contributed by atoms with Gasteiger partial charge in [-0.3, -0.25) is 9.59 Å². The summed E-state index contributed by atoms with van der Waals surface area (Å²) in [6, 6.07) is 0. The Labute approximate surface area is 101 Å². The normalized spacial score (nSPS) is 30.6. The van der Waals surface area contributed by atoms with E-state index < -0.39 is 11.4 Å². The Morgan fingerprint density at radius 3 is 2.71 bits per heavy atom. The zero-order valence-corrected chi connectivity index (χ0v) is 10.1. The van der Waals surface area contributed by atoms with E-state index in [9.17, 15) is 9.59 Å². The molecule has 5 nitrogen and oxygen atoms in total. The average molecular weight is 241 g/mol. The lowest BCUT2D eigenvalue weighted by atomic mass is 9.95. The Kier molecular flexibility index (Phi) is 3.38. The molecular formula is C12H19NO4. The van der Waals surface area contributed by atoms with Gasteiger partial charge in [-0.1, -0.05) is 0 Å². The molecule has 0 aromatic heterocycles. The van der Waals surface area contributed by atoms with Gasteiger partial charge in [0.15, 0.2) is 0 Å². The van der Waals surface area contributed by atoms with Gasteiger partial charge in [0, 0.05) is 19.1 Å². The summed E-state index contributed by atoms with van der Waals surface area (Å²) in [5.41, 5.74) is -0.674.